The Hall–Kier alpha value is -1.36. The third kappa shape index (κ3) is 2.97. The van der Waals surface area contributed by atoms with E-state index in [0.29, 0.717) is 19.5 Å². The van der Waals surface area contributed by atoms with Gasteiger partial charge in [-0.3, -0.25) is 9.59 Å². The molecule has 0 saturated carbocycles. The fourth-order valence-electron chi connectivity index (χ4n) is 2.50. The van der Waals surface area contributed by atoms with Crippen LogP contribution < -0.4 is 0 Å². The first-order valence-corrected chi connectivity index (χ1v) is 7.46. The predicted octanol–water partition coefficient (Wildman–Crippen LogP) is 2.56. The molecule has 0 bridgehead atoms. The first-order chi connectivity index (χ1) is 9.02. The van der Waals surface area contributed by atoms with Gasteiger partial charge in [-0.05, 0) is 37.8 Å². The lowest BCUT2D eigenvalue weighted by Crippen LogP contribution is -2.42. The minimum Gasteiger partial charge on any atom is -0.481 e. The number of rotatable bonds is 3. The molecule has 5 heteroatoms. The summed E-state index contributed by atoms with van der Waals surface area (Å²) in [4.78, 5) is 27.1. The summed E-state index contributed by atoms with van der Waals surface area (Å²) in [6, 6.07) is 1.93. The number of hydrogen-bond acceptors (Lipinski definition) is 3. The number of nitrogens with zero attached hydrogens (tertiary/aromatic N) is 1. The number of hydrogen-bond donors (Lipinski definition) is 1. The van der Waals surface area contributed by atoms with Gasteiger partial charge in [0.05, 0.1) is 10.8 Å². The van der Waals surface area contributed by atoms with Crippen molar-refractivity contribution in [2.75, 3.05) is 13.1 Å². The van der Waals surface area contributed by atoms with Crippen molar-refractivity contribution in [1.82, 2.24) is 4.90 Å². The summed E-state index contributed by atoms with van der Waals surface area (Å²) in [5, 5.41) is 9.06. The van der Waals surface area contributed by atoms with Gasteiger partial charge in [0, 0.05) is 18.0 Å². The third-order valence-corrected chi connectivity index (χ3v) is 4.98. The molecular weight excluding hydrogens is 262 g/mol. The summed E-state index contributed by atoms with van der Waals surface area (Å²) >= 11 is 1.53. The lowest BCUT2D eigenvalue weighted by atomic mass is 9.98. The third-order valence-electron chi connectivity index (χ3n) is 3.61. The first-order valence-electron chi connectivity index (χ1n) is 6.64. The number of amides is 1. The van der Waals surface area contributed by atoms with Gasteiger partial charge in [-0.15, -0.1) is 11.3 Å². The number of carbonyl (C=O) groups is 2. The second kappa shape index (κ2) is 5.74. The van der Waals surface area contributed by atoms with E-state index in [-0.39, 0.29) is 5.91 Å². The minimum atomic E-state index is -0.797. The van der Waals surface area contributed by atoms with Crippen molar-refractivity contribution in [2.45, 2.75) is 33.1 Å². The molecule has 2 heterocycles. The van der Waals surface area contributed by atoms with Crippen LogP contribution in [-0.4, -0.2) is 35.0 Å². The molecule has 104 valence electrons. The van der Waals surface area contributed by atoms with E-state index >= 15 is 0 Å². The molecule has 1 atom stereocenters. The van der Waals surface area contributed by atoms with E-state index in [1.807, 2.05) is 13.0 Å². The van der Waals surface area contributed by atoms with Crippen molar-refractivity contribution in [1.29, 1.82) is 0 Å². The van der Waals surface area contributed by atoms with Gasteiger partial charge in [0.2, 0.25) is 0 Å². The van der Waals surface area contributed by atoms with E-state index in [1.54, 1.807) is 4.90 Å². The van der Waals surface area contributed by atoms with Gasteiger partial charge >= 0.3 is 5.97 Å². The number of aliphatic carboxylic acids is 1. The van der Waals surface area contributed by atoms with Gasteiger partial charge < -0.3 is 10.0 Å². The van der Waals surface area contributed by atoms with E-state index < -0.39 is 11.9 Å². The normalized spacial score (nSPS) is 19.5. The average molecular weight is 281 g/mol. The molecule has 1 saturated heterocycles. The minimum absolute atomic E-state index is 0.0150. The number of likely N-dealkylation sites (tertiary alicyclic amines) is 1. The standard InChI is InChI=1S/C14H19NO3S/c1-3-11-9(2)7-12(19-11)13(16)15-6-4-5-10(8-15)14(17)18/h7,10H,3-6,8H2,1-2H3,(H,17,18). The quantitative estimate of drug-likeness (QED) is 0.926. The molecule has 1 unspecified atom stereocenters. The van der Waals surface area contributed by atoms with E-state index in [9.17, 15) is 9.59 Å². The van der Waals surface area contributed by atoms with Crippen molar-refractivity contribution in [3.63, 3.8) is 0 Å². The van der Waals surface area contributed by atoms with E-state index in [4.69, 9.17) is 5.11 Å². The Balaban J connectivity index is 2.12. The second-order valence-corrected chi connectivity index (χ2v) is 6.14. The maximum atomic E-state index is 12.4. The van der Waals surface area contributed by atoms with Crippen LogP contribution in [0.3, 0.4) is 0 Å². The Kier molecular flexibility index (Phi) is 4.24. The summed E-state index contributed by atoms with van der Waals surface area (Å²) in [6.45, 7) is 5.10. The van der Waals surface area contributed by atoms with Crippen molar-refractivity contribution in [3.05, 3.63) is 21.4 Å². The highest BCUT2D eigenvalue weighted by Crippen LogP contribution is 2.26. The summed E-state index contributed by atoms with van der Waals surface area (Å²) in [5.74, 6) is -1.22. The molecule has 0 radical (unpaired) electrons. The fourth-order valence-corrected chi connectivity index (χ4v) is 3.58. The van der Waals surface area contributed by atoms with E-state index in [2.05, 4.69) is 6.92 Å². The van der Waals surface area contributed by atoms with E-state index in [1.165, 1.54) is 16.2 Å². The van der Waals surface area contributed by atoms with Crippen molar-refractivity contribution >= 4 is 23.2 Å². The maximum absolute atomic E-state index is 12.4. The van der Waals surface area contributed by atoms with Crippen molar-refractivity contribution in [2.24, 2.45) is 5.92 Å². The Morgan fingerprint density at radius 2 is 2.26 bits per heavy atom. The Morgan fingerprint density at radius 1 is 1.53 bits per heavy atom. The van der Waals surface area contributed by atoms with Gasteiger partial charge in [0.1, 0.15) is 0 Å². The fraction of sp³-hybridized carbons (Fsp3) is 0.571. The number of aryl methyl sites for hydroxylation is 2. The molecule has 1 aliphatic rings. The highest BCUT2D eigenvalue weighted by Gasteiger charge is 2.29. The predicted molar refractivity (Wildman–Crippen MR) is 74.7 cm³/mol. The van der Waals surface area contributed by atoms with Gasteiger partial charge in [-0.2, -0.15) is 0 Å². The molecule has 1 aliphatic heterocycles. The monoisotopic (exact) mass is 281 g/mol. The topological polar surface area (TPSA) is 57.6 Å². The largest absolute Gasteiger partial charge is 0.481 e. The van der Waals surface area contributed by atoms with Crippen LogP contribution in [0.15, 0.2) is 6.07 Å². The number of carboxylic acid groups (broad SMARTS) is 1. The van der Waals surface area contributed by atoms with Gasteiger partial charge in [0.15, 0.2) is 0 Å². The van der Waals surface area contributed by atoms with Crippen LogP contribution in [0.2, 0.25) is 0 Å². The molecule has 1 aromatic rings. The Morgan fingerprint density at radius 3 is 2.84 bits per heavy atom. The Bertz CT molecular complexity index is 495. The van der Waals surface area contributed by atoms with Crippen LogP contribution in [0.25, 0.3) is 0 Å². The van der Waals surface area contributed by atoms with Gasteiger partial charge in [-0.25, -0.2) is 0 Å². The van der Waals surface area contributed by atoms with Gasteiger partial charge in [0.25, 0.3) is 5.91 Å². The average Bonchev–Trinajstić information content (AvgIpc) is 2.79. The molecule has 0 aromatic carbocycles. The zero-order valence-corrected chi connectivity index (χ0v) is 12.1. The summed E-state index contributed by atoms with van der Waals surface area (Å²) in [6.07, 6.45) is 2.37. The van der Waals surface area contributed by atoms with Crippen LogP contribution in [-0.2, 0) is 11.2 Å². The molecule has 0 spiro atoms. The molecule has 1 aromatic heterocycles. The lowest BCUT2D eigenvalue weighted by Gasteiger charge is -2.30. The number of carboxylic acids is 1. The number of carbonyl (C=O) groups excluding carboxylic acids is 1. The van der Waals surface area contributed by atoms with Crippen LogP contribution in [0.1, 0.15) is 39.9 Å². The first kappa shape index (κ1) is 14.1. The molecular formula is C14H19NO3S. The lowest BCUT2D eigenvalue weighted by molar-refractivity contribution is -0.143. The molecule has 4 nitrogen and oxygen atoms in total. The number of piperidine rings is 1. The van der Waals surface area contributed by atoms with Crippen molar-refractivity contribution < 1.29 is 14.7 Å². The highest BCUT2D eigenvalue weighted by molar-refractivity contribution is 7.14. The molecule has 2 rings (SSSR count). The summed E-state index contributed by atoms with van der Waals surface area (Å²) < 4.78 is 0. The molecule has 1 N–H and O–H groups in total. The molecule has 19 heavy (non-hydrogen) atoms. The zero-order valence-electron chi connectivity index (χ0n) is 11.3. The van der Waals surface area contributed by atoms with Crippen LogP contribution in [0.4, 0.5) is 0 Å². The molecule has 1 amide bonds. The Labute approximate surface area is 117 Å². The molecule has 0 aliphatic carbocycles. The van der Waals surface area contributed by atoms with Gasteiger partial charge in [-0.1, -0.05) is 6.92 Å². The van der Waals surface area contributed by atoms with Crippen molar-refractivity contribution in [3.8, 4) is 0 Å². The van der Waals surface area contributed by atoms with Crippen LogP contribution in [0.5, 0.6) is 0 Å². The smallest absolute Gasteiger partial charge is 0.308 e. The zero-order chi connectivity index (χ0) is 14.0. The highest BCUT2D eigenvalue weighted by atomic mass is 32.1. The second-order valence-electron chi connectivity index (χ2n) is 5.00. The van der Waals surface area contributed by atoms with Crippen LogP contribution >= 0.6 is 11.3 Å². The van der Waals surface area contributed by atoms with E-state index in [0.717, 1.165) is 23.3 Å². The van der Waals surface area contributed by atoms with Crippen LogP contribution in [0, 0.1) is 12.8 Å². The maximum Gasteiger partial charge on any atom is 0.308 e. The summed E-state index contributed by atoms with van der Waals surface area (Å²) in [5.41, 5.74) is 1.16. The SMILES string of the molecule is CCc1sc(C(=O)N2CCCC(C(=O)O)C2)cc1C. The summed E-state index contributed by atoms with van der Waals surface area (Å²) in [7, 11) is 0. The number of thiophene rings is 1. The molecule has 1 fully saturated rings.